The summed E-state index contributed by atoms with van der Waals surface area (Å²) in [5.74, 6) is -8.25. The highest BCUT2D eigenvalue weighted by atomic mass is 16.3. The topological polar surface area (TPSA) is 296 Å². The molecule has 23 nitrogen and oxygen atoms in total. The number of amides is 10. The van der Waals surface area contributed by atoms with Gasteiger partial charge in [-0.2, -0.15) is 0 Å². The van der Waals surface area contributed by atoms with E-state index >= 15 is 9.59 Å². The average molecular weight is 1210 g/mol. The Labute approximate surface area is 512 Å². The summed E-state index contributed by atoms with van der Waals surface area (Å²) < 4.78 is 0. The Kier molecular flexibility index (Phi) is 32.2. The van der Waals surface area contributed by atoms with Gasteiger partial charge in [0, 0.05) is 49.3 Å². The van der Waals surface area contributed by atoms with E-state index in [2.05, 4.69) is 22.5 Å². The van der Waals surface area contributed by atoms with E-state index in [1.165, 1.54) is 94.6 Å². The van der Waals surface area contributed by atoms with Crippen molar-refractivity contribution in [3.63, 3.8) is 0 Å². The van der Waals surface area contributed by atoms with E-state index in [-0.39, 0.29) is 43.4 Å². The van der Waals surface area contributed by atoms with E-state index in [4.69, 9.17) is 5.73 Å². The molecule has 0 spiro atoms. The number of hydrogen-bond donors (Lipinski definition) is 6. The lowest BCUT2D eigenvalue weighted by molar-refractivity contribution is -0.157. The number of hydrogen-bond acceptors (Lipinski definition) is 13. The summed E-state index contributed by atoms with van der Waals surface area (Å²) in [4.78, 5) is 150. The van der Waals surface area contributed by atoms with E-state index in [0.717, 1.165) is 15.4 Å². The summed E-state index contributed by atoms with van der Waals surface area (Å²) >= 11 is 0. The number of aliphatic hydroxyl groups excluding tert-OH is 2. The number of nitrogens with two attached hydrogens (primary N) is 1. The Hall–Kier alpha value is -6.72. The molecule has 0 aliphatic rings. The van der Waals surface area contributed by atoms with Crippen molar-refractivity contribution in [1.82, 2.24) is 50.2 Å². The number of allylic oxidation sites excluding steroid dienone is 2. The van der Waals surface area contributed by atoms with Crippen LogP contribution in [0.3, 0.4) is 0 Å². The van der Waals surface area contributed by atoms with Crippen LogP contribution in [0.25, 0.3) is 0 Å². The zero-order chi connectivity index (χ0) is 66.5. The van der Waals surface area contributed by atoms with Crippen LogP contribution >= 0.6 is 0 Å². The predicted molar refractivity (Wildman–Crippen MR) is 333 cm³/mol. The van der Waals surface area contributed by atoms with Gasteiger partial charge in [-0.25, -0.2) is 0 Å². The first kappa shape index (κ1) is 77.3. The molecule has 10 amide bonds. The standard InChI is InChI=1S/C63H107N11O12/c1-23-25-29-40(11)53(76)52(57(80)67-46(24-2)60(83)68(16)35-50(75)70(18)47(54(64)77)34-45-30-27-26-28-31-45)74(22)63(86)51(39(9)10)73(21)62(85)49(33-37(5)6)72(20)61(84)48(32-36(3)4)71(19)59(82)43(14)66-55(78)42(13)65-56(79)44(15)69(17)58(81)41(12)38(7)8/h23,25-28,30-31,36-37,39-44,46-49,51-54,76-77H,7,24,29,32-35,64H2,1-6,8-22H3,(H,65,79)(H,66,78)(H,67,80)/b25-23-/t40-,41-,42-,43+,44+,46+,47-,48-,49-,51+,52?,53+,54?/m1/s1. The Bertz CT molecular complexity index is 2490. The third kappa shape index (κ3) is 21.9. The van der Waals surface area contributed by atoms with Crippen molar-refractivity contribution in [3.8, 4) is 0 Å². The highest BCUT2D eigenvalue weighted by Crippen LogP contribution is 2.25. The second-order valence-corrected chi connectivity index (χ2v) is 24.6. The van der Waals surface area contributed by atoms with Crippen molar-refractivity contribution in [3.05, 3.63) is 60.2 Å². The largest absolute Gasteiger partial charge is 0.390 e. The predicted octanol–water partition coefficient (Wildman–Crippen LogP) is 2.77. The van der Waals surface area contributed by atoms with Crippen LogP contribution in [0.2, 0.25) is 0 Å². The molecule has 0 radical (unpaired) electrons. The monoisotopic (exact) mass is 1210 g/mol. The van der Waals surface area contributed by atoms with Crippen LogP contribution in [-0.4, -0.2) is 226 Å². The maximum absolute atomic E-state index is 15.1. The van der Waals surface area contributed by atoms with Gasteiger partial charge < -0.3 is 66.2 Å². The fourth-order valence-electron chi connectivity index (χ4n) is 10.0. The number of nitrogens with one attached hydrogen (secondary N) is 3. The summed E-state index contributed by atoms with van der Waals surface area (Å²) in [5, 5.41) is 30.5. The maximum Gasteiger partial charge on any atom is 0.246 e. The summed E-state index contributed by atoms with van der Waals surface area (Å²) in [5.41, 5.74) is 7.37. The van der Waals surface area contributed by atoms with Crippen LogP contribution in [0.15, 0.2) is 54.6 Å². The van der Waals surface area contributed by atoms with Gasteiger partial charge in [0.25, 0.3) is 0 Å². The summed E-state index contributed by atoms with van der Waals surface area (Å²) in [6, 6.07) is -1.30. The van der Waals surface area contributed by atoms with Gasteiger partial charge in [0.2, 0.25) is 59.1 Å². The minimum absolute atomic E-state index is 0.0544. The highest BCUT2D eigenvalue weighted by Gasteiger charge is 2.45. The van der Waals surface area contributed by atoms with E-state index < -0.39 is 144 Å². The lowest BCUT2D eigenvalue weighted by atomic mass is 9.91. The van der Waals surface area contributed by atoms with Gasteiger partial charge >= 0.3 is 0 Å². The molecule has 0 aliphatic heterocycles. The average Bonchev–Trinajstić information content (AvgIpc) is 1.24. The van der Waals surface area contributed by atoms with Crippen LogP contribution in [0, 0.1) is 29.6 Å². The van der Waals surface area contributed by atoms with Crippen LogP contribution in [0.5, 0.6) is 0 Å². The van der Waals surface area contributed by atoms with Gasteiger partial charge in [0.05, 0.1) is 24.6 Å². The van der Waals surface area contributed by atoms with E-state index in [1.54, 1.807) is 60.6 Å². The minimum atomic E-state index is -1.60. The van der Waals surface area contributed by atoms with Gasteiger partial charge in [-0.05, 0) is 103 Å². The molecule has 0 aromatic heterocycles. The molecule has 13 atom stereocenters. The molecule has 23 heteroatoms. The van der Waals surface area contributed by atoms with Crippen LogP contribution in [0.4, 0.5) is 0 Å². The molecule has 2 unspecified atom stereocenters. The SMILES string of the molecule is C=C(C)[C@@H](C)C(=O)N(C)[C@@H](C)C(=O)N[C@H](C)C(=O)N[C@@H](C)C(=O)N(C)[C@H](CC(C)C)C(=O)N(C)[C@H](CC(C)C)C(=O)N(C)[C@H](C(=O)N(C)C(C(=O)N[C@@H](CC)C(=O)N(C)CC(=O)N(C)[C@H](Cc1ccccc1)C(N)O)[C@@H](O)[C@H](C)C/C=C\C)C(C)C. The summed E-state index contributed by atoms with van der Waals surface area (Å²) in [6.45, 7) is 27.2. The smallest absolute Gasteiger partial charge is 0.246 e. The molecular weight excluding hydrogens is 1100 g/mol. The highest BCUT2D eigenvalue weighted by molar-refractivity contribution is 5.98. The molecule has 0 heterocycles. The lowest BCUT2D eigenvalue weighted by Gasteiger charge is -2.41. The van der Waals surface area contributed by atoms with Gasteiger partial charge in [-0.15, -0.1) is 0 Å². The molecule has 86 heavy (non-hydrogen) atoms. The number of rotatable bonds is 34. The summed E-state index contributed by atoms with van der Waals surface area (Å²) in [6.07, 6.45) is 1.60. The Morgan fingerprint density at radius 1 is 0.593 bits per heavy atom. The van der Waals surface area contributed by atoms with Crippen molar-refractivity contribution < 1.29 is 58.2 Å². The number of likely N-dealkylation sites (N-methyl/N-ethyl adjacent to an activating group) is 7. The Morgan fingerprint density at radius 3 is 1.55 bits per heavy atom. The van der Waals surface area contributed by atoms with Crippen molar-refractivity contribution in [1.29, 1.82) is 0 Å². The van der Waals surface area contributed by atoms with Crippen LogP contribution in [0.1, 0.15) is 128 Å². The molecule has 0 fully saturated rings. The molecule has 0 saturated heterocycles. The Morgan fingerprint density at radius 2 is 1.08 bits per heavy atom. The van der Waals surface area contributed by atoms with Gasteiger partial charge in [0.1, 0.15) is 54.6 Å². The van der Waals surface area contributed by atoms with E-state index in [9.17, 15) is 48.6 Å². The van der Waals surface area contributed by atoms with Crippen molar-refractivity contribution in [2.45, 2.75) is 196 Å². The molecule has 0 saturated carbocycles. The molecule has 1 aromatic carbocycles. The molecule has 0 bridgehead atoms. The normalized spacial score (nSPS) is 16.1. The lowest BCUT2D eigenvalue weighted by Crippen LogP contribution is -2.63. The zero-order valence-corrected chi connectivity index (χ0v) is 55.4. The molecule has 0 aliphatic carbocycles. The first-order valence-electron chi connectivity index (χ1n) is 30.0. The Balaban J connectivity index is 3.59. The second kappa shape index (κ2) is 35.8. The van der Waals surface area contributed by atoms with E-state index in [0.29, 0.717) is 12.0 Å². The molecule has 7 N–H and O–H groups in total. The van der Waals surface area contributed by atoms with Gasteiger partial charge in [0.15, 0.2) is 0 Å². The number of aliphatic hydroxyl groups is 2. The molecule has 1 rings (SSSR count). The van der Waals surface area contributed by atoms with E-state index in [1.807, 2.05) is 58.0 Å². The zero-order valence-electron chi connectivity index (χ0n) is 55.4. The second-order valence-electron chi connectivity index (χ2n) is 24.6. The number of carbonyl (C=O) groups is 10. The fourth-order valence-corrected chi connectivity index (χ4v) is 10.0. The first-order valence-corrected chi connectivity index (χ1v) is 30.0. The van der Waals surface area contributed by atoms with Crippen molar-refractivity contribution in [2.24, 2.45) is 35.3 Å². The fraction of sp³-hybridized carbons (Fsp3) is 0.683. The maximum atomic E-state index is 15.1. The number of benzene rings is 1. The van der Waals surface area contributed by atoms with Gasteiger partial charge in [-0.1, -0.05) is 110 Å². The first-order chi connectivity index (χ1) is 39.8. The third-order valence-electron chi connectivity index (χ3n) is 16.2. The molecule has 1 aromatic rings. The minimum Gasteiger partial charge on any atom is -0.390 e. The van der Waals surface area contributed by atoms with Gasteiger partial charge in [-0.3, -0.25) is 47.9 Å². The number of nitrogens with zero attached hydrogens (tertiary/aromatic N) is 7. The number of carbonyl (C=O) groups excluding carboxylic acids is 10. The molecular formula is C63H107N11O12. The van der Waals surface area contributed by atoms with Crippen LogP contribution < -0.4 is 21.7 Å². The van der Waals surface area contributed by atoms with Crippen molar-refractivity contribution in [2.75, 3.05) is 55.9 Å². The summed E-state index contributed by atoms with van der Waals surface area (Å²) in [7, 11) is 10.0. The van der Waals surface area contributed by atoms with Crippen molar-refractivity contribution >= 4 is 59.1 Å². The quantitative estimate of drug-likeness (QED) is 0.0428. The molecule has 486 valence electrons. The third-order valence-corrected chi connectivity index (χ3v) is 16.2. The van der Waals surface area contributed by atoms with Crippen LogP contribution in [-0.2, 0) is 54.4 Å².